The van der Waals surface area contributed by atoms with Crippen molar-refractivity contribution in [1.29, 1.82) is 0 Å². The molecule has 1 aromatic heterocycles. The molecule has 3 aromatic rings. The number of hydrogen-bond donors (Lipinski definition) is 2. The minimum atomic E-state index is 0.264. The van der Waals surface area contributed by atoms with Crippen molar-refractivity contribution < 1.29 is 5.11 Å². The van der Waals surface area contributed by atoms with Crippen LogP contribution in [0.4, 0.5) is 0 Å². The highest BCUT2D eigenvalue weighted by molar-refractivity contribution is 5.92. The molecular weight excluding hydrogens is 214 g/mol. The van der Waals surface area contributed by atoms with Gasteiger partial charge in [0.05, 0.1) is 0 Å². The average molecular weight is 225 g/mol. The van der Waals surface area contributed by atoms with Crippen molar-refractivity contribution in [3.8, 4) is 16.9 Å². The Morgan fingerprint density at radius 2 is 1.94 bits per heavy atom. The molecule has 2 aromatic carbocycles. The molecule has 0 radical (unpaired) electrons. The van der Waals surface area contributed by atoms with Crippen LogP contribution in [0.25, 0.3) is 22.2 Å². The number of H-pyrrole nitrogens is 1. The van der Waals surface area contributed by atoms with Gasteiger partial charge in [-0.1, -0.05) is 24.3 Å². The SMILES string of the molecule is Cc1ccc(-c2cccc3n[nH]nc23)c(O)c1. The molecule has 0 fully saturated rings. The van der Waals surface area contributed by atoms with Gasteiger partial charge in [0.2, 0.25) is 0 Å². The summed E-state index contributed by atoms with van der Waals surface area (Å²) in [4.78, 5) is 0. The number of benzene rings is 2. The van der Waals surface area contributed by atoms with Crippen LogP contribution in [0, 0.1) is 6.92 Å². The quantitative estimate of drug-likeness (QED) is 0.669. The van der Waals surface area contributed by atoms with Crippen LogP contribution < -0.4 is 0 Å². The Balaban J connectivity index is 2.30. The van der Waals surface area contributed by atoms with Crippen molar-refractivity contribution in [2.24, 2.45) is 0 Å². The molecule has 2 N–H and O–H groups in total. The molecule has 17 heavy (non-hydrogen) atoms. The maximum absolute atomic E-state index is 9.98. The molecular formula is C13H11N3O. The van der Waals surface area contributed by atoms with E-state index in [1.807, 2.05) is 37.3 Å². The van der Waals surface area contributed by atoms with Crippen LogP contribution in [0.3, 0.4) is 0 Å². The molecule has 3 rings (SSSR count). The van der Waals surface area contributed by atoms with E-state index in [1.165, 1.54) is 0 Å². The van der Waals surface area contributed by atoms with Gasteiger partial charge < -0.3 is 5.11 Å². The van der Waals surface area contributed by atoms with Gasteiger partial charge in [-0.05, 0) is 24.6 Å². The number of aromatic amines is 1. The number of nitrogens with zero attached hydrogens (tertiary/aromatic N) is 2. The Morgan fingerprint density at radius 3 is 2.76 bits per heavy atom. The van der Waals surface area contributed by atoms with Gasteiger partial charge in [0.15, 0.2) is 0 Å². The van der Waals surface area contributed by atoms with Gasteiger partial charge in [-0.15, -0.1) is 0 Å². The number of para-hydroxylation sites is 1. The number of fused-ring (bicyclic) bond motifs is 1. The maximum atomic E-state index is 9.98. The summed E-state index contributed by atoms with van der Waals surface area (Å²) in [5.74, 6) is 0.264. The smallest absolute Gasteiger partial charge is 0.123 e. The molecule has 4 nitrogen and oxygen atoms in total. The zero-order valence-electron chi connectivity index (χ0n) is 9.31. The average Bonchev–Trinajstić information content (AvgIpc) is 2.77. The van der Waals surface area contributed by atoms with E-state index in [-0.39, 0.29) is 5.75 Å². The third-order valence-electron chi connectivity index (χ3n) is 2.79. The lowest BCUT2D eigenvalue weighted by atomic mass is 10.0. The monoisotopic (exact) mass is 225 g/mol. The lowest BCUT2D eigenvalue weighted by Crippen LogP contribution is -1.83. The van der Waals surface area contributed by atoms with Gasteiger partial charge in [-0.2, -0.15) is 15.4 Å². The van der Waals surface area contributed by atoms with Gasteiger partial charge in [0.25, 0.3) is 0 Å². The summed E-state index contributed by atoms with van der Waals surface area (Å²) in [7, 11) is 0. The van der Waals surface area contributed by atoms with Crippen LogP contribution in [0.1, 0.15) is 5.56 Å². The third kappa shape index (κ3) is 1.54. The van der Waals surface area contributed by atoms with Crippen molar-refractivity contribution in [3.05, 3.63) is 42.0 Å². The van der Waals surface area contributed by atoms with Crippen molar-refractivity contribution in [1.82, 2.24) is 15.4 Å². The predicted molar refractivity (Wildman–Crippen MR) is 65.7 cm³/mol. The second kappa shape index (κ2) is 3.59. The molecule has 84 valence electrons. The summed E-state index contributed by atoms with van der Waals surface area (Å²) in [6.07, 6.45) is 0. The number of hydrogen-bond acceptors (Lipinski definition) is 3. The zero-order chi connectivity index (χ0) is 11.8. The molecule has 0 aliphatic rings. The number of phenols is 1. The molecule has 0 saturated heterocycles. The number of rotatable bonds is 1. The number of phenolic OH excluding ortho intramolecular Hbond substituents is 1. The Labute approximate surface area is 97.9 Å². The zero-order valence-corrected chi connectivity index (χ0v) is 9.31. The predicted octanol–water partition coefficient (Wildman–Crippen LogP) is 2.64. The van der Waals surface area contributed by atoms with Crippen molar-refractivity contribution >= 4 is 11.0 Å². The summed E-state index contributed by atoms with van der Waals surface area (Å²) in [5.41, 5.74) is 4.25. The van der Waals surface area contributed by atoms with Crippen LogP contribution in [-0.2, 0) is 0 Å². The number of aromatic hydroxyl groups is 1. The molecule has 0 bridgehead atoms. The molecule has 0 amide bonds. The van der Waals surface area contributed by atoms with Crippen LogP contribution in [0.5, 0.6) is 5.75 Å². The van der Waals surface area contributed by atoms with E-state index in [4.69, 9.17) is 0 Å². The topological polar surface area (TPSA) is 61.8 Å². The second-order valence-electron chi connectivity index (χ2n) is 4.02. The Bertz CT molecular complexity index is 688. The van der Waals surface area contributed by atoms with Crippen LogP contribution >= 0.6 is 0 Å². The van der Waals surface area contributed by atoms with Gasteiger partial charge in [-0.25, -0.2) is 0 Å². The fraction of sp³-hybridized carbons (Fsp3) is 0.0769. The largest absolute Gasteiger partial charge is 0.507 e. The van der Waals surface area contributed by atoms with Crippen molar-refractivity contribution in [3.63, 3.8) is 0 Å². The summed E-state index contributed by atoms with van der Waals surface area (Å²) in [6, 6.07) is 11.3. The number of aryl methyl sites for hydroxylation is 1. The highest BCUT2D eigenvalue weighted by Crippen LogP contribution is 2.33. The number of aromatic nitrogens is 3. The van der Waals surface area contributed by atoms with Crippen molar-refractivity contribution in [2.75, 3.05) is 0 Å². The molecule has 0 aliphatic carbocycles. The summed E-state index contributed by atoms with van der Waals surface area (Å²) < 4.78 is 0. The second-order valence-corrected chi connectivity index (χ2v) is 4.02. The Kier molecular flexibility index (Phi) is 2.08. The molecule has 0 unspecified atom stereocenters. The molecule has 0 saturated carbocycles. The van der Waals surface area contributed by atoms with E-state index in [2.05, 4.69) is 15.4 Å². The fourth-order valence-electron chi connectivity index (χ4n) is 1.95. The summed E-state index contributed by atoms with van der Waals surface area (Å²) >= 11 is 0. The first-order valence-corrected chi connectivity index (χ1v) is 5.35. The van der Waals surface area contributed by atoms with E-state index in [0.717, 1.165) is 27.7 Å². The molecule has 0 aliphatic heterocycles. The molecule has 1 heterocycles. The van der Waals surface area contributed by atoms with Crippen molar-refractivity contribution in [2.45, 2.75) is 6.92 Å². The summed E-state index contributed by atoms with van der Waals surface area (Å²) in [6.45, 7) is 1.94. The lowest BCUT2D eigenvalue weighted by Gasteiger charge is -2.05. The van der Waals surface area contributed by atoms with Gasteiger partial charge >= 0.3 is 0 Å². The minimum Gasteiger partial charge on any atom is -0.507 e. The molecule has 0 spiro atoms. The highest BCUT2D eigenvalue weighted by Gasteiger charge is 2.10. The van der Waals surface area contributed by atoms with Crippen LogP contribution in [0.2, 0.25) is 0 Å². The number of nitrogens with one attached hydrogen (secondary N) is 1. The van der Waals surface area contributed by atoms with Gasteiger partial charge in [-0.3, -0.25) is 0 Å². The molecule has 0 atom stereocenters. The third-order valence-corrected chi connectivity index (χ3v) is 2.79. The van der Waals surface area contributed by atoms with E-state index in [1.54, 1.807) is 6.07 Å². The van der Waals surface area contributed by atoms with E-state index in [9.17, 15) is 5.11 Å². The van der Waals surface area contributed by atoms with Gasteiger partial charge in [0, 0.05) is 11.1 Å². The van der Waals surface area contributed by atoms with E-state index >= 15 is 0 Å². The van der Waals surface area contributed by atoms with Gasteiger partial charge in [0.1, 0.15) is 16.8 Å². The summed E-state index contributed by atoms with van der Waals surface area (Å²) in [5, 5.41) is 20.7. The normalized spacial score (nSPS) is 10.9. The van der Waals surface area contributed by atoms with E-state index in [0.29, 0.717) is 0 Å². The maximum Gasteiger partial charge on any atom is 0.123 e. The minimum absolute atomic E-state index is 0.264. The fourth-order valence-corrected chi connectivity index (χ4v) is 1.95. The van der Waals surface area contributed by atoms with Crippen LogP contribution in [0.15, 0.2) is 36.4 Å². The lowest BCUT2D eigenvalue weighted by molar-refractivity contribution is 0.477. The highest BCUT2D eigenvalue weighted by atomic mass is 16.3. The van der Waals surface area contributed by atoms with Crippen LogP contribution in [-0.4, -0.2) is 20.5 Å². The Morgan fingerprint density at radius 1 is 1.06 bits per heavy atom. The van der Waals surface area contributed by atoms with E-state index < -0.39 is 0 Å². The first kappa shape index (κ1) is 9.84. The first-order chi connectivity index (χ1) is 8.25. The molecule has 4 heteroatoms. The standard InChI is InChI=1S/C13H11N3O/c1-8-5-6-9(12(17)7-8)10-3-2-4-11-13(10)15-16-14-11/h2-7,17H,1H3,(H,14,15,16). The first-order valence-electron chi connectivity index (χ1n) is 5.35. The Hall–Kier alpha value is -2.36.